The number of Topliss-reactive ketones (excluding diaryl/α,β-unsaturated/α-hetero) is 1. The lowest BCUT2D eigenvalue weighted by molar-refractivity contribution is -0.329. The summed E-state index contributed by atoms with van der Waals surface area (Å²) in [4.78, 5) is 51.1. The molecular weight excluding hydrogens is 750 g/mol. The normalized spacial score (nSPS) is 35.5. The molecule has 14 heteroatoms. The number of carbonyl (C=O) groups is 4. The summed E-state index contributed by atoms with van der Waals surface area (Å²) in [6, 6.07) is 0. The molecule has 5 N–H and O–H groups in total. The molecule has 0 aromatic rings. The molecule has 1 amide bonds. The number of amides is 1. The van der Waals surface area contributed by atoms with Crippen molar-refractivity contribution in [3.63, 3.8) is 0 Å². The van der Waals surface area contributed by atoms with E-state index in [0.717, 1.165) is 17.7 Å². The number of aliphatic hydroxyl groups is 4. The molecule has 2 heterocycles. The standard InChI is InChI=1S/C44H65NO13/c1-23(2)41-28(7)35(56-37(49)18-17-36(48)45-38-31(46)15-16-32(38)47)22-44(53,58-41)30(9)40(51)29(8)42-33(54-10)14-12-13-24(3)19-26(5)39(50)27(6)20-25(4)21-34(55-11)43(52)57-42/h12-14,17-18,20-21,23,26-30,33,35,39-42,46,50-51,53H,15-16,19,22H2,1-11H3,(H,45,48)/b14-12+,18-17+,24-13+,25-20+,34-21-/t26-,27-,28+,29+,30+,33+,35-,39+,40-,41-,42-,44-/m1/s1. The van der Waals surface area contributed by atoms with Gasteiger partial charge in [0, 0.05) is 62.2 Å². The molecule has 3 rings (SSSR count). The second kappa shape index (κ2) is 21.3. The fraction of sp³-hybridized carbons (Fsp3) is 0.636. The Hall–Kier alpha value is -4.08. The zero-order valence-electron chi connectivity index (χ0n) is 35.8. The van der Waals surface area contributed by atoms with Crippen LogP contribution in [0.2, 0.25) is 0 Å². The highest BCUT2D eigenvalue weighted by Gasteiger charge is 2.53. The van der Waals surface area contributed by atoms with Crippen molar-refractivity contribution in [3.8, 4) is 0 Å². The number of hydrogen-bond acceptors (Lipinski definition) is 13. The van der Waals surface area contributed by atoms with Crippen molar-refractivity contribution in [2.45, 2.75) is 130 Å². The van der Waals surface area contributed by atoms with Crippen LogP contribution >= 0.6 is 0 Å². The SMILES string of the molecule is CO/C1=C\C(C)=C\[C@@H](C)[C@@H](O)[C@H](C)C/C(C)=C/C=C/[C@H](OC)[C@@H]([C@@H](C)[C@@H](O)[C@H](C)[C@@]2(O)C[C@@H](OC(=O)/C=C/C(=O)NC3=C(O)CCC3=O)[C@H](C)[C@@H](C(C)C)O2)OC1=O. The van der Waals surface area contributed by atoms with E-state index in [9.17, 15) is 39.6 Å². The first-order chi connectivity index (χ1) is 27.1. The predicted molar refractivity (Wildman–Crippen MR) is 215 cm³/mol. The van der Waals surface area contributed by atoms with Gasteiger partial charge in [-0.05, 0) is 38.2 Å². The van der Waals surface area contributed by atoms with Gasteiger partial charge >= 0.3 is 11.9 Å². The topological polar surface area (TPSA) is 207 Å². The maximum atomic E-state index is 13.7. The van der Waals surface area contributed by atoms with Crippen molar-refractivity contribution in [1.82, 2.24) is 5.32 Å². The van der Waals surface area contributed by atoms with Gasteiger partial charge in [-0.25, -0.2) is 9.59 Å². The zero-order chi connectivity index (χ0) is 43.6. The van der Waals surface area contributed by atoms with Gasteiger partial charge in [-0.3, -0.25) is 9.59 Å². The van der Waals surface area contributed by atoms with E-state index in [1.807, 2.05) is 53.7 Å². The monoisotopic (exact) mass is 815 g/mol. The first kappa shape index (κ1) is 48.3. The van der Waals surface area contributed by atoms with Crippen molar-refractivity contribution in [3.05, 3.63) is 70.9 Å². The Balaban J connectivity index is 1.92. The number of esters is 2. The maximum Gasteiger partial charge on any atom is 0.373 e. The highest BCUT2D eigenvalue weighted by atomic mass is 16.6. The second-order valence-corrected chi connectivity index (χ2v) is 16.5. The van der Waals surface area contributed by atoms with Crippen LogP contribution in [0, 0.1) is 35.5 Å². The number of ether oxygens (including phenoxy) is 5. The van der Waals surface area contributed by atoms with Gasteiger partial charge in [-0.15, -0.1) is 0 Å². The Morgan fingerprint density at radius 3 is 2.29 bits per heavy atom. The third kappa shape index (κ3) is 12.5. The van der Waals surface area contributed by atoms with Crippen molar-refractivity contribution in [2.24, 2.45) is 35.5 Å². The summed E-state index contributed by atoms with van der Waals surface area (Å²) in [5, 5.41) is 47.4. The first-order valence-electron chi connectivity index (χ1n) is 20.1. The molecule has 0 aromatic carbocycles. The summed E-state index contributed by atoms with van der Waals surface area (Å²) in [6.07, 6.45) is 5.61. The smallest absolute Gasteiger partial charge is 0.373 e. The van der Waals surface area contributed by atoms with Crippen LogP contribution in [0.1, 0.15) is 88.0 Å². The van der Waals surface area contributed by atoms with E-state index in [4.69, 9.17) is 23.7 Å². The zero-order valence-corrected chi connectivity index (χ0v) is 35.8. The van der Waals surface area contributed by atoms with Crippen LogP contribution in [-0.2, 0) is 42.9 Å². The maximum absolute atomic E-state index is 13.7. The molecule has 324 valence electrons. The lowest BCUT2D eigenvalue weighted by Gasteiger charge is -2.50. The van der Waals surface area contributed by atoms with Crippen LogP contribution < -0.4 is 5.32 Å². The van der Waals surface area contributed by atoms with Crippen LogP contribution in [0.25, 0.3) is 0 Å². The summed E-state index contributed by atoms with van der Waals surface area (Å²) in [5.41, 5.74) is 1.48. The number of aliphatic hydroxyl groups excluding tert-OH is 3. The number of hydrogen-bond donors (Lipinski definition) is 5. The Kier molecular flexibility index (Phi) is 17.7. The molecule has 2 aliphatic heterocycles. The van der Waals surface area contributed by atoms with E-state index in [2.05, 4.69) is 5.32 Å². The molecule has 1 aliphatic carbocycles. The second-order valence-electron chi connectivity index (χ2n) is 16.5. The van der Waals surface area contributed by atoms with Gasteiger partial charge in [0.2, 0.25) is 11.7 Å². The Labute approximate surface area is 342 Å². The summed E-state index contributed by atoms with van der Waals surface area (Å²) in [5.74, 6) is -8.07. The molecule has 0 bridgehead atoms. The molecule has 0 radical (unpaired) electrons. The number of allylic oxidation sites excluding steroid dienone is 7. The van der Waals surface area contributed by atoms with Crippen molar-refractivity contribution < 1.29 is 63.3 Å². The van der Waals surface area contributed by atoms with E-state index < -0.39 is 83.8 Å². The highest BCUT2D eigenvalue weighted by Crippen LogP contribution is 2.42. The first-order valence-corrected chi connectivity index (χ1v) is 20.1. The van der Waals surface area contributed by atoms with Crippen molar-refractivity contribution >= 4 is 23.6 Å². The van der Waals surface area contributed by atoms with Gasteiger partial charge in [-0.2, -0.15) is 0 Å². The summed E-state index contributed by atoms with van der Waals surface area (Å²) >= 11 is 0. The molecule has 0 aromatic heterocycles. The number of carbonyl (C=O) groups excluding carboxylic acids is 4. The number of nitrogens with one attached hydrogen (secondary N) is 1. The van der Waals surface area contributed by atoms with E-state index in [1.165, 1.54) is 20.3 Å². The number of ketones is 1. The fourth-order valence-electron chi connectivity index (χ4n) is 7.95. The molecule has 0 spiro atoms. The van der Waals surface area contributed by atoms with Crippen LogP contribution in [0.3, 0.4) is 0 Å². The Bertz CT molecular complexity index is 1670. The van der Waals surface area contributed by atoms with Crippen molar-refractivity contribution in [2.75, 3.05) is 14.2 Å². The van der Waals surface area contributed by atoms with E-state index in [-0.39, 0.29) is 54.2 Å². The molecule has 0 unspecified atom stereocenters. The molecule has 0 saturated carbocycles. The van der Waals surface area contributed by atoms with Gasteiger partial charge in [0.1, 0.15) is 29.8 Å². The van der Waals surface area contributed by atoms with Crippen LogP contribution in [-0.4, -0.2) is 101 Å². The minimum Gasteiger partial charge on any atom is -0.510 e. The lowest BCUT2D eigenvalue weighted by Crippen LogP contribution is -2.59. The van der Waals surface area contributed by atoms with Crippen LogP contribution in [0.4, 0.5) is 0 Å². The minimum absolute atomic E-state index is 0.0594. The summed E-state index contributed by atoms with van der Waals surface area (Å²) in [7, 11) is 2.79. The third-order valence-corrected chi connectivity index (χ3v) is 11.5. The summed E-state index contributed by atoms with van der Waals surface area (Å²) in [6.45, 7) is 16.5. The number of cyclic esters (lactones) is 1. The average Bonchev–Trinajstić information content (AvgIpc) is 3.48. The largest absolute Gasteiger partial charge is 0.510 e. The molecule has 3 aliphatic rings. The molecular formula is C44H65NO13. The Morgan fingerprint density at radius 1 is 1.03 bits per heavy atom. The molecule has 12 atom stereocenters. The predicted octanol–water partition coefficient (Wildman–Crippen LogP) is 5.05. The molecule has 1 fully saturated rings. The van der Waals surface area contributed by atoms with Gasteiger partial charge in [-0.1, -0.05) is 83.9 Å². The lowest BCUT2D eigenvalue weighted by atomic mass is 9.76. The van der Waals surface area contributed by atoms with Crippen molar-refractivity contribution in [1.29, 1.82) is 0 Å². The van der Waals surface area contributed by atoms with Gasteiger partial charge in [0.25, 0.3) is 0 Å². The summed E-state index contributed by atoms with van der Waals surface area (Å²) < 4.78 is 29.5. The number of methoxy groups -OCH3 is 2. The molecule has 14 nitrogen and oxygen atoms in total. The highest BCUT2D eigenvalue weighted by molar-refractivity contribution is 6.04. The quantitative estimate of drug-likeness (QED) is 0.137. The fourth-order valence-corrected chi connectivity index (χ4v) is 7.95. The average molecular weight is 816 g/mol. The van der Waals surface area contributed by atoms with E-state index in [1.54, 1.807) is 32.9 Å². The van der Waals surface area contributed by atoms with Gasteiger partial charge < -0.3 is 49.4 Å². The minimum atomic E-state index is -2.04. The van der Waals surface area contributed by atoms with Gasteiger partial charge in [0.15, 0.2) is 11.6 Å². The molecule has 1 saturated heterocycles. The number of rotatable bonds is 11. The van der Waals surface area contributed by atoms with Crippen LogP contribution in [0.15, 0.2) is 70.9 Å². The van der Waals surface area contributed by atoms with E-state index >= 15 is 0 Å². The molecule has 58 heavy (non-hydrogen) atoms. The van der Waals surface area contributed by atoms with Gasteiger partial charge in [0.05, 0.1) is 25.4 Å². The van der Waals surface area contributed by atoms with E-state index in [0.29, 0.717) is 12.0 Å². The third-order valence-electron chi connectivity index (χ3n) is 11.5. The Morgan fingerprint density at radius 2 is 1.71 bits per heavy atom. The van der Waals surface area contributed by atoms with Crippen LogP contribution in [0.5, 0.6) is 0 Å².